The number of ether oxygens (including phenoxy) is 2. The van der Waals surface area contributed by atoms with E-state index >= 15 is 0 Å². The van der Waals surface area contributed by atoms with Crippen molar-refractivity contribution in [1.82, 2.24) is 5.32 Å². The lowest BCUT2D eigenvalue weighted by Crippen LogP contribution is -2.34. The molecule has 0 saturated heterocycles. The predicted molar refractivity (Wildman–Crippen MR) is 78.8 cm³/mol. The van der Waals surface area contributed by atoms with Crippen molar-refractivity contribution < 1.29 is 19.1 Å². The summed E-state index contributed by atoms with van der Waals surface area (Å²) in [4.78, 5) is 23.3. The molecule has 0 amide bonds. The number of hydrogen-bond donors (Lipinski definition) is 1. The van der Waals surface area contributed by atoms with E-state index in [-0.39, 0.29) is 37.2 Å². The van der Waals surface area contributed by atoms with Gasteiger partial charge in [-0.3, -0.25) is 14.9 Å². The molecule has 0 radical (unpaired) electrons. The van der Waals surface area contributed by atoms with Crippen molar-refractivity contribution in [2.24, 2.45) is 0 Å². The number of esters is 2. The maximum atomic E-state index is 11.6. The van der Waals surface area contributed by atoms with Crippen molar-refractivity contribution in [3.8, 4) is 0 Å². The molecule has 2 aliphatic rings. The Morgan fingerprint density at radius 3 is 1.48 bits per heavy atom. The van der Waals surface area contributed by atoms with E-state index in [4.69, 9.17) is 9.47 Å². The third kappa shape index (κ3) is 6.46. The molecule has 120 valence electrons. The maximum Gasteiger partial charge on any atom is 0.320 e. The first-order chi connectivity index (χ1) is 10.2. The van der Waals surface area contributed by atoms with Gasteiger partial charge < -0.3 is 9.47 Å². The van der Waals surface area contributed by atoms with Gasteiger partial charge in [-0.15, -0.1) is 0 Å². The lowest BCUT2D eigenvalue weighted by molar-refractivity contribution is -0.151. The van der Waals surface area contributed by atoms with Gasteiger partial charge in [-0.1, -0.05) is 12.8 Å². The highest BCUT2D eigenvalue weighted by Crippen LogP contribution is 2.21. The Labute approximate surface area is 126 Å². The van der Waals surface area contributed by atoms with Crippen LogP contribution in [-0.4, -0.2) is 37.2 Å². The van der Waals surface area contributed by atoms with Crippen LogP contribution in [0.4, 0.5) is 0 Å². The molecule has 0 aromatic heterocycles. The van der Waals surface area contributed by atoms with Crippen LogP contribution in [0.3, 0.4) is 0 Å². The summed E-state index contributed by atoms with van der Waals surface area (Å²) >= 11 is 0. The van der Waals surface area contributed by atoms with E-state index in [0.717, 1.165) is 51.4 Å². The largest absolute Gasteiger partial charge is 0.461 e. The van der Waals surface area contributed by atoms with Gasteiger partial charge in [-0.05, 0) is 51.4 Å². The molecule has 0 aromatic rings. The molecule has 2 saturated carbocycles. The molecule has 2 rings (SSSR count). The number of carbonyl (C=O) groups excluding carboxylic acids is 2. The van der Waals surface area contributed by atoms with E-state index in [9.17, 15) is 9.59 Å². The molecule has 0 unspecified atom stereocenters. The Balaban J connectivity index is 1.53. The lowest BCUT2D eigenvalue weighted by atomic mass is 9.98. The van der Waals surface area contributed by atoms with Crippen LogP contribution in [0.5, 0.6) is 0 Å². The quantitative estimate of drug-likeness (QED) is 0.762. The van der Waals surface area contributed by atoms with Gasteiger partial charge in [0.15, 0.2) is 0 Å². The molecular weight excluding hydrogens is 270 g/mol. The summed E-state index contributed by atoms with van der Waals surface area (Å²) in [5, 5.41) is 2.82. The Kier molecular flexibility index (Phi) is 7.00. The van der Waals surface area contributed by atoms with Gasteiger partial charge in [0.25, 0.3) is 0 Å². The van der Waals surface area contributed by atoms with E-state index in [1.54, 1.807) is 0 Å². The van der Waals surface area contributed by atoms with Crippen molar-refractivity contribution in [3.05, 3.63) is 0 Å². The highest BCUT2D eigenvalue weighted by atomic mass is 16.5. The van der Waals surface area contributed by atoms with Crippen molar-refractivity contribution in [3.63, 3.8) is 0 Å². The van der Waals surface area contributed by atoms with Gasteiger partial charge in [0.2, 0.25) is 0 Å². The Morgan fingerprint density at radius 2 is 1.10 bits per heavy atom. The smallest absolute Gasteiger partial charge is 0.320 e. The molecule has 0 spiro atoms. The second-order valence-electron chi connectivity index (χ2n) is 6.10. The number of nitrogens with one attached hydrogen (secondary N) is 1. The zero-order chi connectivity index (χ0) is 14.9. The van der Waals surface area contributed by atoms with E-state index in [0.29, 0.717) is 0 Å². The van der Waals surface area contributed by atoms with Crippen molar-refractivity contribution >= 4 is 11.9 Å². The predicted octanol–water partition coefficient (Wildman–Crippen LogP) is 2.33. The molecule has 5 nitrogen and oxygen atoms in total. The molecule has 0 aromatic carbocycles. The Bertz CT molecular complexity index is 301. The standard InChI is InChI=1S/C16H27NO4/c18-15(20-13-7-3-1-4-8-13)11-17-12-16(19)21-14-9-5-2-6-10-14/h13-14,17H,1-12H2. The fourth-order valence-corrected chi connectivity index (χ4v) is 3.09. The van der Waals surface area contributed by atoms with Crippen LogP contribution in [0.25, 0.3) is 0 Å². The minimum absolute atomic E-state index is 0.0715. The summed E-state index contributed by atoms with van der Waals surface area (Å²) in [6.07, 6.45) is 11.0. The highest BCUT2D eigenvalue weighted by Gasteiger charge is 2.19. The van der Waals surface area contributed by atoms with Crippen molar-refractivity contribution in [1.29, 1.82) is 0 Å². The summed E-state index contributed by atoms with van der Waals surface area (Å²) in [6, 6.07) is 0. The minimum atomic E-state index is -0.271. The fraction of sp³-hybridized carbons (Fsp3) is 0.875. The van der Waals surface area contributed by atoms with E-state index in [2.05, 4.69) is 5.32 Å². The van der Waals surface area contributed by atoms with Crippen LogP contribution in [0.1, 0.15) is 64.2 Å². The molecule has 0 bridgehead atoms. The molecule has 0 aliphatic heterocycles. The van der Waals surface area contributed by atoms with Gasteiger partial charge in [0.1, 0.15) is 12.2 Å². The monoisotopic (exact) mass is 297 g/mol. The summed E-state index contributed by atoms with van der Waals surface area (Å²) in [6.45, 7) is 0.159. The second-order valence-corrected chi connectivity index (χ2v) is 6.10. The van der Waals surface area contributed by atoms with Crippen molar-refractivity contribution in [2.75, 3.05) is 13.1 Å². The van der Waals surface area contributed by atoms with Crippen LogP contribution in [0.2, 0.25) is 0 Å². The molecule has 2 aliphatic carbocycles. The minimum Gasteiger partial charge on any atom is -0.461 e. The van der Waals surface area contributed by atoms with Gasteiger partial charge in [-0.25, -0.2) is 0 Å². The number of carbonyl (C=O) groups is 2. The SMILES string of the molecule is O=C(CNCC(=O)OC1CCCCC1)OC1CCCCC1. The van der Waals surface area contributed by atoms with Gasteiger partial charge in [0.05, 0.1) is 13.1 Å². The van der Waals surface area contributed by atoms with Crippen LogP contribution < -0.4 is 5.32 Å². The molecule has 1 N–H and O–H groups in total. The molecule has 0 atom stereocenters. The normalized spacial score (nSPS) is 21.0. The second kappa shape index (κ2) is 9.03. The Hall–Kier alpha value is -1.10. The highest BCUT2D eigenvalue weighted by molar-refractivity contribution is 5.75. The average Bonchev–Trinajstić information content (AvgIpc) is 2.49. The van der Waals surface area contributed by atoms with Gasteiger partial charge in [-0.2, -0.15) is 0 Å². The van der Waals surface area contributed by atoms with Crippen LogP contribution in [-0.2, 0) is 19.1 Å². The van der Waals surface area contributed by atoms with Crippen LogP contribution in [0, 0.1) is 0 Å². The first kappa shape index (κ1) is 16.3. The Morgan fingerprint density at radius 1 is 0.714 bits per heavy atom. The topological polar surface area (TPSA) is 64.6 Å². The zero-order valence-electron chi connectivity index (χ0n) is 12.8. The maximum absolute atomic E-state index is 11.6. The van der Waals surface area contributed by atoms with Crippen LogP contribution in [0.15, 0.2) is 0 Å². The summed E-state index contributed by atoms with van der Waals surface area (Å²) in [7, 11) is 0. The summed E-state index contributed by atoms with van der Waals surface area (Å²) in [5.74, 6) is -0.542. The molecular formula is C16H27NO4. The molecule has 21 heavy (non-hydrogen) atoms. The number of hydrogen-bond acceptors (Lipinski definition) is 5. The average molecular weight is 297 g/mol. The third-order valence-corrected chi connectivity index (χ3v) is 4.24. The summed E-state index contributed by atoms with van der Waals surface area (Å²) < 4.78 is 10.7. The lowest BCUT2D eigenvalue weighted by Gasteiger charge is -2.22. The van der Waals surface area contributed by atoms with E-state index < -0.39 is 0 Å². The zero-order valence-corrected chi connectivity index (χ0v) is 12.8. The van der Waals surface area contributed by atoms with Crippen molar-refractivity contribution in [2.45, 2.75) is 76.4 Å². The van der Waals surface area contributed by atoms with Crippen LogP contribution >= 0.6 is 0 Å². The summed E-state index contributed by atoms with van der Waals surface area (Å²) in [5.41, 5.74) is 0. The first-order valence-corrected chi connectivity index (χ1v) is 8.34. The molecule has 5 heteroatoms. The van der Waals surface area contributed by atoms with E-state index in [1.165, 1.54) is 12.8 Å². The van der Waals surface area contributed by atoms with E-state index in [1.807, 2.05) is 0 Å². The number of rotatable bonds is 6. The first-order valence-electron chi connectivity index (χ1n) is 8.34. The molecule has 2 fully saturated rings. The fourth-order valence-electron chi connectivity index (χ4n) is 3.09. The molecule has 0 heterocycles. The van der Waals surface area contributed by atoms with Gasteiger partial charge in [0, 0.05) is 0 Å². The van der Waals surface area contributed by atoms with Gasteiger partial charge >= 0.3 is 11.9 Å². The third-order valence-electron chi connectivity index (χ3n) is 4.24.